The van der Waals surface area contributed by atoms with Crippen LogP contribution in [-0.2, 0) is 13.3 Å². The molecule has 0 aliphatic heterocycles. The van der Waals surface area contributed by atoms with Gasteiger partial charge in [-0.3, -0.25) is 9.48 Å². The van der Waals surface area contributed by atoms with Gasteiger partial charge in [0.2, 0.25) is 0 Å². The molecule has 4 aromatic rings. The number of nitrogens with zero attached hydrogens (tertiary/aromatic N) is 4. The van der Waals surface area contributed by atoms with E-state index in [4.69, 9.17) is 27.9 Å². The zero-order chi connectivity index (χ0) is 22.7. The third kappa shape index (κ3) is 5.48. The molecule has 164 valence electrons. The lowest BCUT2D eigenvalue weighted by atomic mass is 10.2. The third-order valence-corrected chi connectivity index (χ3v) is 5.46. The van der Waals surface area contributed by atoms with Gasteiger partial charge >= 0.3 is 0 Å². The number of carbonyl (C=O) groups excluding carboxylic acids is 1. The molecule has 0 atom stereocenters. The number of hydrogen-bond acceptors (Lipinski definition) is 4. The molecule has 0 spiro atoms. The zero-order valence-corrected chi connectivity index (χ0v) is 19.4. The minimum Gasteiger partial charge on any atom is -0.470 e. The first-order chi connectivity index (χ1) is 15.4. The molecule has 0 aliphatic rings. The van der Waals surface area contributed by atoms with E-state index in [9.17, 15) is 9.18 Å². The molecular weight excluding hydrogens is 524 g/mol. The molecule has 0 aliphatic carbocycles. The van der Waals surface area contributed by atoms with Gasteiger partial charge < -0.3 is 10.1 Å². The number of hydrogen-bond donors (Lipinski definition) is 1. The molecule has 0 saturated heterocycles. The summed E-state index contributed by atoms with van der Waals surface area (Å²) in [5.41, 5.74) is 1.02. The Kier molecular flexibility index (Phi) is 6.78. The highest BCUT2D eigenvalue weighted by molar-refractivity contribution is 9.10. The van der Waals surface area contributed by atoms with Gasteiger partial charge in [-0.25, -0.2) is 9.07 Å². The number of rotatable bonds is 7. The Bertz CT molecular complexity index is 1260. The van der Waals surface area contributed by atoms with Crippen LogP contribution in [0.15, 0.2) is 65.4 Å². The van der Waals surface area contributed by atoms with E-state index in [2.05, 4.69) is 31.4 Å². The molecule has 0 bridgehead atoms. The molecule has 4 rings (SSSR count). The Balaban J connectivity index is 1.37. The van der Waals surface area contributed by atoms with Crippen molar-refractivity contribution in [2.75, 3.05) is 5.32 Å². The molecule has 1 amide bonds. The summed E-state index contributed by atoms with van der Waals surface area (Å²) in [4.78, 5) is 12.6. The summed E-state index contributed by atoms with van der Waals surface area (Å²) in [6, 6.07) is 12.8. The van der Waals surface area contributed by atoms with E-state index in [0.29, 0.717) is 21.8 Å². The van der Waals surface area contributed by atoms with Crippen LogP contribution in [0.2, 0.25) is 10.0 Å². The molecule has 32 heavy (non-hydrogen) atoms. The second-order valence-electron chi connectivity index (χ2n) is 6.69. The number of carbonyl (C=O) groups is 1. The van der Waals surface area contributed by atoms with Crippen LogP contribution in [-0.4, -0.2) is 25.5 Å². The van der Waals surface area contributed by atoms with E-state index in [0.717, 1.165) is 5.56 Å². The van der Waals surface area contributed by atoms with Gasteiger partial charge in [-0.1, -0.05) is 35.3 Å². The fourth-order valence-electron chi connectivity index (χ4n) is 2.79. The Morgan fingerprint density at radius 1 is 1.09 bits per heavy atom. The van der Waals surface area contributed by atoms with E-state index in [1.807, 2.05) is 0 Å². The maximum atomic E-state index is 13.1. The standard InChI is InChI=1S/C21H15BrCl2FN5O2/c22-16-9-14(23)3-6-19(16)32-12-29-8-7-18(27-29)21(31)26-20-17(24)11-30(28-20)10-13-1-4-15(25)5-2-13/h1-9,11H,10,12H2,(H,26,28,31). The highest BCUT2D eigenvalue weighted by Crippen LogP contribution is 2.28. The van der Waals surface area contributed by atoms with E-state index in [1.54, 1.807) is 53.5 Å². The highest BCUT2D eigenvalue weighted by Gasteiger charge is 2.15. The summed E-state index contributed by atoms with van der Waals surface area (Å²) in [7, 11) is 0. The molecule has 2 heterocycles. The Morgan fingerprint density at radius 3 is 2.62 bits per heavy atom. The summed E-state index contributed by atoms with van der Waals surface area (Å²) in [5.74, 6) is 0.0141. The summed E-state index contributed by atoms with van der Waals surface area (Å²) < 4.78 is 22.5. The van der Waals surface area contributed by atoms with E-state index < -0.39 is 5.91 Å². The van der Waals surface area contributed by atoms with Crippen LogP contribution >= 0.6 is 39.1 Å². The number of halogens is 4. The van der Waals surface area contributed by atoms with Gasteiger partial charge in [0, 0.05) is 17.4 Å². The minimum absolute atomic E-state index is 0.0978. The predicted molar refractivity (Wildman–Crippen MR) is 123 cm³/mol. The molecule has 0 unspecified atom stereocenters. The predicted octanol–water partition coefficient (Wildman–Crippen LogP) is 5.63. The molecule has 11 heteroatoms. The number of ether oxygens (including phenoxy) is 1. The number of anilines is 1. The van der Waals surface area contributed by atoms with Crippen molar-refractivity contribution in [3.05, 3.63) is 92.5 Å². The number of amides is 1. The normalized spacial score (nSPS) is 10.9. The van der Waals surface area contributed by atoms with Gasteiger partial charge in [0.25, 0.3) is 5.91 Å². The van der Waals surface area contributed by atoms with Crippen LogP contribution in [0, 0.1) is 5.82 Å². The van der Waals surface area contributed by atoms with Crippen molar-refractivity contribution in [2.24, 2.45) is 0 Å². The maximum absolute atomic E-state index is 13.1. The molecule has 1 N–H and O–H groups in total. The molecule has 7 nitrogen and oxygen atoms in total. The summed E-state index contributed by atoms with van der Waals surface area (Å²) in [5, 5.41) is 12.0. The van der Waals surface area contributed by atoms with E-state index in [-0.39, 0.29) is 29.1 Å². The van der Waals surface area contributed by atoms with Crippen LogP contribution in [0.25, 0.3) is 0 Å². The average molecular weight is 539 g/mol. The monoisotopic (exact) mass is 537 g/mol. The van der Waals surface area contributed by atoms with Gasteiger partial charge in [0.1, 0.15) is 16.6 Å². The lowest BCUT2D eigenvalue weighted by molar-refractivity contribution is 0.101. The Morgan fingerprint density at radius 2 is 1.88 bits per heavy atom. The smallest absolute Gasteiger partial charge is 0.277 e. The molecular formula is C21H15BrCl2FN5O2. The second kappa shape index (κ2) is 9.72. The fourth-order valence-corrected chi connectivity index (χ4v) is 3.79. The fraction of sp³-hybridized carbons (Fsp3) is 0.0952. The molecule has 0 fully saturated rings. The molecule has 2 aromatic heterocycles. The number of benzene rings is 2. The van der Waals surface area contributed by atoms with Crippen LogP contribution in [0.1, 0.15) is 16.1 Å². The first-order valence-electron chi connectivity index (χ1n) is 9.27. The van der Waals surface area contributed by atoms with Crippen molar-refractivity contribution in [2.45, 2.75) is 13.3 Å². The van der Waals surface area contributed by atoms with Gasteiger partial charge in [0.15, 0.2) is 18.2 Å². The molecule has 2 aromatic carbocycles. The zero-order valence-electron chi connectivity index (χ0n) is 16.3. The van der Waals surface area contributed by atoms with Crippen molar-refractivity contribution in [3.8, 4) is 5.75 Å². The lowest BCUT2D eigenvalue weighted by Gasteiger charge is -2.08. The highest BCUT2D eigenvalue weighted by atomic mass is 79.9. The van der Waals surface area contributed by atoms with Crippen molar-refractivity contribution in [3.63, 3.8) is 0 Å². The largest absolute Gasteiger partial charge is 0.470 e. The van der Waals surface area contributed by atoms with Gasteiger partial charge in [0.05, 0.1) is 11.0 Å². The lowest BCUT2D eigenvalue weighted by Crippen LogP contribution is -2.15. The SMILES string of the molecule is O=C(Nc1nn(Cc2ccc(F)cc2)cc1Cl)c1ccn(COc2ccc(Cl)cc2Br)n1. The summed E-state index contributed by atoms with van der Waals surface area (Å²) in [6.07, 6.45) is 3.20. The maximum Gasteiger partial charge on any atom is 0.277 e. The quantitative estimate of drug-likeness (QED) is 0.331. The third-order valence-electron chi connectivity index (χ3n) is 4.33. The second-order valence-corrected chi connectivity index (χ2v) is 8.39. The van der Waals surface area contributed by atoms with Crippen molar-refractivity contribution < 1.29 is 13.9 Å². The van der Waals surface area contributed by atoms with Crippen LogP contribution in [0.3, 0.4) is 0 Å². The topological polar surface area (TPSA) is 74.0 Å². The number of nitrogens with one attached hydrogen (secondary N) is 1. The van der Waals surface area contributed by atoms with Crippen LogP contribution in [0.5, 0.6) is 5.75 Å². The van der Waals surface area contributed by atoms with Gasteiger partial charge in [-0.15, -0.1) is 0 Å². The van der Waals surface area contributed by atoms with Crippen molar-refractivity contribution in [1.82, 2.24) is 19.6 Å². The van der Waals surface area contributed by atoms with Gasteiger partial charge in [-0.05, 0) is 57.9 Å². The molecule has 0 saturated carbocycles. The number of aromatic nitrogens is 4. The Hall–Kier alpha value is -2.88. The average Bonchev–Trinajstić information content (AvgIpc) is 3.36. The van der Waals surface area contributed by atoms with Crippen LogP contribution in [0.4, 0.5) is 10.2 Å². The summed E-state index contributed by atoms with van der Waals surface area (Å²) >= 11 is 15.5. The summed E-state index contributed by atoms with van der Waals surface area (Å²) in [6.45, 7) is 0.475. The van der Waals surface area contributed by atoms with E-state index >= 15 is 0 Å². The van der Waals surface area contributed by atoms with E-state index in [1.165, 1.54) is 16.8 Å². The van der Waals surface area contributed by atoms with Crippen molar-refractivity contribution >= 4 is 50.9 Å². The van der Waals surface area contributed by atoms with Crippen LogP contribution < -0.4 is 10.1 Å². The van der Waals surface area contributed by atoms with Gasteiger partial charge in [-0.2, -0.15) is 10.2 Å². The minimum atomic E-state index is -0.467. The molecule has 0 radical (unpaired) electrons. The first kappa shape index (κ1) is 22.3. The van der Waals surface area contributed by atoms with Crippen molar-refractivity contribution in [1.29, 1.82) is 0 Å². The Labute approximate surface area is 200 Å². The first-order valence-corrected chi connectivity index (χ1v) is 10.8.